The summed E-state index contributed by atoms with van der Waals surface area (Å²) in [6, 6.07) is 8.44. The van der Waals surface area contributed by atoms with Crippen LogP contribution in [-0.4, -0.2) is 36.2 Å². The molecule has 4 nitrogen and oxygen atoms in total. The number of fused-ring (bicyclic) bond motifs is 1. The maximum Gasteiger partial charge on any atom is 0.237 e. The van der Waals surface area contributed by atoms with Crippen molar-refractivity contribution in [3.8, 4) is 0 Å². The Bertz CT molecular complexity index is 523. The Morgan fingerprint density at radius 1 is 1.40 bits per heavy atom. The molecule has 0 saturated heterocycles. The van der Waals surface area contributed by atoms with Gasteiger partial charge in [0.05, 0.1) is 18.1 Å². The Labute approximate surface area is 119 Å². The van der Waals surface area contributed by atoms with Crippen molar-refractivity contribution in [2.24, 2.45) is 0 Å². The highest BCUT2D eigenvalue weighted by molar-refractivity contribution is 6.07. The molecule has 1 aromatic carbocycles. The van der Waals surface area contributed by atoms with Crippen LogP contribution in [0.15, 0.2) is 24.3 Å². The summed E-state index contributed by atoms with van der Waals surface area (Å²) in [7, 11) is 0. The Morgan fingerprint density at radius 2 is 2.10 bits per heavy atom. The number of para-hydroxylation sites is 1. The number of hydrogen-bond acceptors (Lipinski definition) is 3. The molecule has 2 aliphatic rings. The van der Waals surface area contributed by atoms with Gasteiger partial charge in [-0.25, -0.2) is 0 Å². The molecule has 1 aliphatic heterocycles. The first kappa shape index (κ1) is 13.6. The summed E-state index contributed by atoms with van der Waals surface area (Å²) in [6.45, 7) is 4.81. The molecule has 4 heteroatoms. The van der Waals surface area contributed by atoms with Crippen LogP contribution in [0.4, 0.5) is 5.69 Å². The lowest BCUT2D eigenvalue weighted by Crippen LogP contribution is -2.43. The summed E-state index contributed by atoms with van der Waals surface area (Å²) in [5.41, 5.74) is 1.49. The van der Waals surface area contributed by atoms with E-state index in [1.165, 1.54) is 12.8 Å². The quantitative estimate of drug-likeness (QED) is 0.854. The molecule has 20 heavy (non-hydrogen) atoms. The van der Waals surface area contributed by atoms with E-state index in [9.17, 15) is 9.90 Å². The van der Waals surface area contributed by atoms with Crippen LogP contribution in [0.25, 0.3) is 0 Å². The van der Waals surface area contributed by atoms with E-state index in [4.69, 9.17) is 0 Å². The number of β-amino-alcohol motifs (C(OH)–C–C–N with tert-alkyl or cyclic N) is 1. The average molecular weight is 274 g/mol. The van der Waals surface area contributed by atoms with E-state index in [0.29, 0.717) is 19.1 Å². The molecule has 2 N–H and O–H groups in total. The second-order valence-corrected chi connectivity index (χ2v) is 6.39. The smallest absolute Gasteiger partial charge is 0.237 e. The first-order valence-electron chi connectivity index (χ1n) is 7.33. The molecule has 1 fully saturated rings. The molecule has 3 rings (SSSR count). The van der Waals surface area contributed by atoms with Gasteiger partial charge in [-0.2, -0.15) is 0 Å². The summed E-state index contributed by atoms with van der Waals surface area (Å²) in [5, 5.41) is 13.4. The number of benzene rings is 1. The lowest BCUT2D eigenvalue weighted by molar-refractivity contribution is -0.122. The standard InChI is InChI=1S/C16H22N2O2/c1-16(2)13-5-3-4-6-14(13)18(15(16)20)10-12(19)9-17-11-7-8-11/h3-6,11-12,17,19H,7-10H2,1-2H3. The van der Waals surface area contributed by atoms with E-state index in [1.807, 2.05) is 38.1 Å². The van der Waals surface area contributed by atoms with Gasteiger partial charge in [-0.3, -0.25) is 4.79 Å². The third-order valence-electron chi connectivity index (χ3n) is 4.26. The SMILES string of the molecule is CC1(C)C(=O)N(CC(O)CNC2CC2)c2ccccc21. The van der Waals surface area contributed by atoms with E-state index < -0.39 is 11.5 Å². The first-order valence-corrected chi connectivity index (χ1v) is 7.33. The maximum atomic E-state index is 12.6. The average Bonchev–Trinajstić information content (AvgIpc) is 3.23. The number of carbonyl (C=O) groups excluding carboxylic acids is 1. The van der Waals surface area contributed by atoms with Crippen LogP contribution in [0.3, 0.4) is 0 Å². The van der Waals surface area contributed by atoms with Gasteiger partial charge < -0.3 is 15.3 Å². The van der Waals surface area contributed by atoms with Crippen LogP contribution in [0.1, 0.15) is 32.3 Å². The topological polar surface area (TPSA) is 52.6 Å². The summed E-state index contributed by atoms with van der Waals surface area (Å²) in [5.74, 6) is 0.0733. The minimum Gasteiger partial charge on any atom is -0.390 e. The van der Waals surface area contributed by atoms with Crippen molar-refractivity contribution in [1.29, 1.82) is 0 Å². The molecular formula is C16H22N2O2. The van der Waals surface area contributed by atoms with Gasteiger partial charge in [-0.05, 0) is 38.3 Å². The first-order chi connectivity index (χ1) is 9.50. The second kappa shape index (κ2) is 4.86. The molecule has 1 atom stereocenters. The largest absolute Gasteiger partial charge is 0.390 e. The second-order valence-electron chi connectivity index (χ2n) is 6.39. The number of aliphatic hydroxyl groups excluding tert-OH is 1. The lowest BCUT2D eigenvalue weighted by Gasteiger charge is -2.23. The summed E-state index contributed by atoms with van der Waals surface area (Å²) >= 11 is 0. The van der Waals surface area contributed by atoms with E-state index in [-0.39, 0.29) is 5.91 Å². The van der Waals surface area contributed by atoms with Crippen LogP contribution in [0, 0.1) is 0 Å². The van der Waals surface area contributed by atoms with E-state index in [1.54, 1.807) is 4.90 Å². The number of hydrogen-bond donors (Lipinski definition) is 2. The summed E-state index contributed by atoms with van der Waals surface area (Å²) in [6.07, 6.45) is 1.87. The van der Waals surface area contributed by atoms with Crippen LogP contribution in [0.2, 0.25) is 0 Å². The van der Waals surface area contributed by atoms with Gasteiger partial charge >= 0.3 is 0 Å². The van der Waals surface area contributed by atoms with Crippen LogP contribution in [-0.2, 0) is 10.2 Å². The number of carbonyl (C=O) groups is 1. The Morgan fingerprint density at radius 3 is 2.80 bits per heavy atom. The Balaban J connectivity index is 1.74. The predicted molar refractivity (Wildman–Crippen MR) is 78.9 cm³/mol. The summed E-state index contributed by atoms with van der Waals surface area (Å²) in [4.78, 5) is 14.3. The zero-order valence-electron chi connectivity index (χ0n) is 12.1. The van der Waals surface area contributed by atoms with Gasteiger partial charge in [-0.1, -0.05) is 18.2 Å². The Kier molecular flexibility index (Phi) is 3.30. The molecule has 1 aliphatic carbocycles. The number of amides is 1. The van der Waals surface area contributed by atoms with Crippen molar-refractivity contribution in [2.45, 2.75) is 44.2 Å². The van der Waals surface area contributed by atoms with Crippen molar-refractivity contribution in [2.75, 3.05) is 18.0 Å². The van der Waals surface area contributed by atoms with Gasteiger partial charge in [0.25, 0.3) is 0 Å². The third-order valence-corrected chi connectivity index (χ3v) is 4.26. The monoisotopic (exact) mass is 274 g/mol. The molecule has 0 spiro atoms. The van der Waals surface area contributed by atoms with Crippen molar-refractivity contribution in [3.63, 3.8) is 0 Å². The highest BCUT2D eigenvalue weighted by Crippen LogP contribution is 2.41. The molecule has 0 aromatic heterocycles. The van der Waals surface area contributed by atoms with E-state index >= 15 is 0 Å². The highest BCUT2D eigenvalue weighted by Gasteiger charge is 2.43. The minimum absolute atomic E-state index is 0.0733. The molecule has 0 radical (unpaired) electrons. The van der Waals surface area contributed by atoms with Gasteiger partial charge in [0.15, 0.2) is 0 Å². The number of aliphatic hydroxyl groups is 1. The summed E-state index contributed by atoms with van der Waals surface area (Å²) < 4.78 is 0. The van der Waals surface area contributed by atoms with Gasteiger partial charge in [0.1, 0.15) is 0 Å². The predicted octanol–water partition coefficient (Wildman–Crippen LogP) is 1.42. The number of anilines is 1. The van der Waals surface area contributed by atoms with Crippen LogP contribution >= 0.6 is 0 Å². The highest BCUT2D eigenvalue weighted by atomic mass is 16.3. The molecule has 108 valence electrons. The van der Waals surface area contributed by atoms with E-state index in [0.717, 1.165) is 11.3 Å². The van der Waals surface area contributed by atoms with Crippen molar-refractivity contribution < 1.29 is 9.90 Å². The molecule has 0 bridgehead atoms. The van der Waals surface area contributed by atoms with Gasteiger partial charge in [0.2, 0.25) is 5.91 Å². The van der Waals surface area contributed by atoms with Crippen LogP contribution in [0.5, 0.6) is 0 Å². The van der Waals surface area contributed by atoms with Crippen LogP contribution < -0.4 is 10.2 Å². The molecule has 1 aromatic rings. The molecule has 1 heterocycles. The fraction of sp³-hybridized carbons (Fsp3) is 0.562. The normalized spacial score (nSPS) is 21.9. The number of nitrogens with one attached hydrogen (secondary N) is 1. The zero-order valence-corrected chi connectivity index (χ0v) is 12.1. The van der Waals surface area contributed by atoms with Crippen molar-refractivity contribution >= 4 is 11.6 Å². The lowest BCUT2D eigenvalue weighted by atomic mass is 9.86. The molecule has 1 saturated carbocycles. The fourth-order valence-electron chi connectivity index (χ4n) is 2.85. The van der Waals surface area contributed by atoms with E-state index in [2.05, 4.69) is 5.32 Å². The van der Waals surface area contributed by atoms with Crippen molar-refractivity contribution in [1.82, 2.24) is 5.32 Å². The van der Waals surface area contributed by atoms with Crippen molar-refractivity contribution in [3.05, 3.63) is 29.8 Å². The number of nitrogens with zero attached hydrogens (tertiary/aromatic N) is 1. The van der Waals surface area contributed by atoms with Gasteiger partial charge in [-0.15, -0.1) is 0 Å². The molecule has 1 unspecified atom stereocenters. The van der Waals surface area contributed by atoms with Gasteiger partial charge in [0, 0.05) is 18.3 Å². The minimum atomic E-state index is -0.526. The Hall–Kier alpha value is -1.39. The third kappa shape index (κ3) is 2.34. The molecular weight excluding hydrogens is 252 g/mol. The molecule has 1 amide bonds. The number of rotatable bonds is 5. The maximum absolute atomic E-state index is 12.6. The zero-order chi connectivity index (χ0) is 14.3. The fourth-order valence-corrected chi connectivity index (χ4v) is 2.85.